The average Bonchev–Trinajstić information content (AvgIpc) is 2.94. The number of aromatic nitrogens is 1. The molecule has 7 nitrogen and oxygen atoms in total. The van der Waals surface area contributed by atoms with E-state index in [1.165, 1.54) is 0 Å². The molecule has 1 aliphatic heterocycles. The first-order chi connectivity index (χ1) is 10.2. The molecule has 0 N–H and O–H groups in total. The second kappa shape index (κ2) is 7.37. The predicted molar refractivity (Wildman–Crippen MR) is 77.1 cm³/mol. The van der Waals surface area contributed by atoms with Crippen LogP contribution in [-0.2, 0) is 14.2 Å². The van der Waals surface area contributed by atoms with Crippen molar-refractivity contribution < 1.29 is 23.8 Å². The minimum Gasteiger partial charge on any atom is -0.462 e. The fourth-order valence-corrected chi connectivity index (χ4v) is 2.87. The van der Waals surface area contributed by atoms with Crippen LogP contribution < -0.4 is 4.90 Å². The average molecular weight is 314 g/mol. The number of anilines is 1. The van der Waals surface area contributed by atoms with Gasteiger partial charge in [0.25, 0.3) is 0 Å². The maximum absolute atomic E-state index is 12.0. The van der Waals surface area contributed by atoms with Crippen LogP contribution in [0, 0.1) is 0 Å². The van der Waals surface area contributed by atoms with Crippen molar-refractivity contribution in [1.29, 1.82) is 0 Å². The van der Waals surface area contributed by atoms with Crippen molar-refractivity contribution in [2.45, 2.75) is 13.8 Å². The van der Waals surface area contributed by atoms with E-state index < -0.39 is 11.9 Å². The number of carbonyl (C=O) groups excluding carboxylic acids is 2. The van der Waals surface area contributed by atoms with Crippen molar-refractivity contribution >= 4 is 28.4 Å². The van der Waals surface area contributed by atoms with Crippen LogP contribution in [-0.4, -0.2) is 56.4 Å². The van der Waals surface area contributed by atoms with E-state index in [2.05, 4.69) is 4.98 Å². The molecule has 1 aromatic rings. The lowest BCUT2D eigenvalue weighted by Crippen LogP contribution is -2.36. The molecule has 116 valence electrons. The Balaban J connectivity index is 2.29. The number of hydrogen-bond acceptors (Lipinski definition) is 8. The Morgan fingerprint density at radius 3 is 2.43 bits per heavy atom. The quantitative estimate of drug-likeness (QED) is 0.759. The van der Waals surface area contributed by atoms with Gasteiger partial charge in [0.15, 0.2) is 10.8 Å². The van der Waals surface area contributed by atoms with Gasteiger partial charge in [-0.2, -0.15) is 0 Å². The highest BCUT2D eigenvalue weighted by Gasteiger charge is 2.27. The smallest absolute Gasteiger partial charge is 0.358 e. The van der Waals surface area contributed by atoms with Crippen LogP contribution >= 0.6 is 11.3 Å². The Bertz CT molecular complexity index is 475. The zero-order chi connectivity index (χ0) is 15.2. The van der Waals surface area contributed by atoms with Gasteiger partial charge in [-0.15, -0.1) is 0 Å². The van der Waals surface area contributed by atoms with Crippen LogP contribution in [0.4, 0.5) is 5.13 Å². The summed E-state index contributed by atoms with van der Waals surface area (Å²) in [6.07, 6.45) is 0. The van der Waals surface area contributed by atoms with Crippen molar-refractivity contribution in [3.05, 3.63) is 10.6 Å². The SMILES string of the molecule is CCOC(=O)c1nc(N2CCOCC2)sc1C(=O)OCC. The van der Waals surface area contributed by atoms with Crippen molar-refractivity contribution in [1.82, 2.24) is 4.98 Å². The van der Waals surface area contributed by atoms with Gasteiger partial charge in [-0.1, -0.05) is 11.3 Å². The largest absolute Gasteiger partial charge is 0.462 e. The molecule has 8 heteroatoms. The number of thiazole rings is 1. The maximum Gasteiger partial charge on any atom is 0.358 e. The first-order valence-corrected chi connectivity index (χ1v) is 7.66. The monoisotopic (exact) mass is 314 g/mol. The molecule has 1 aromatic heterocycles. The van der Waals surface area contributed by atoms with Gasteiger partial charge in [0.05, 0.1) is 26.4 Å². The van der Waals surface area contributed by atoms with E-state index >= 15 is 0 Å². The molecule has 0 aromatic carbocycles. The summed E-state index contributed by atoms with van der Waals surface area (Å²) in [6, 6.07) is 0. The van der Waals surface area contributed by atoms with Crippen molar-refractivity contribution in [3.63, 3.8) is 0 Å². The summed E-state index contributed by atoms with van der Waals surface area (Å²) in [5, 5.41) is 0.615. The van der Waals surface area contributed by atoms with Gasteiger partial charge < -0.3 is 19.1 Å². The summed E-state index contributed by atoms with van der Waals surface area (Å²) in [6.45, 7) is 6.45. The fraction of sp³-hybridized carbons (Fsp3) is 0.615. The minimum atomic E-state index is -0.601. The lowest BCUT2D eigenvalue weighted by atomic mass is 10.3. The van der Waals surface area contributed by atoms with Crippen LogP contribution in [0.5, 0.6) is 0 Å². The molecule has 0 bridgehead atoms. The van der Waals surface area contributed by atoms with Gasteiger partial charge in [0.1, 0.15) is 4.88 Å². The molecule has 1 fully saturated rings. The second-order valence-electron chi connectivity index (χ2n) is 4.21. The van der Waals surface area contributed by atoms with Crippen LogP contribution in [0.25, 0.3) is 0 Å². The van der Waals surface area contributed by atoms with Crippen LogP contribution in [0.3, 0.4) is 0 Å². The maximum atomic E-state index is 12.0. The number of nitrogens with zero attached hydrogens (tertiary/aromatic N) is 2. The molecule has 0 spiro atoms. The van der Waals surface area contributed by atoms with Gasteiger partial charge in [-0.25, -0.2) is 14.6 Å². The summed E-state index contributed by atoms with van der Waals surface area (Å²) in [5.74, 6) is -1.14. The second-order valence-corrected chi connectivity index (χ2v) is 5.19. The van der Waals surface area contributed by atoms with E-state index in [1.54, 1.807) is 13.8 Å². The number of morpholine rings is 1. The highest BCUT2D eigenvalue weighted by molar-refractivity contribution is 7.17. The van der Waals surface area contributed by atoms with E-state index in [0.717, 1.165) is 11.3 Å². The van der Waals surface area contributed by atoms with E-state index in [4.69, 9.17) is 14.2 Å². The molecule has 0 atom stereocenters. The van der Waals surface area contributed by atoms with Crippen LogP contribution in [0.1, 0.15) is 34.0 Å². The van der Waals surface area contributed by atoms with Gasteiger partial charge >= 0.3 is 11.9 Å². The molecule has 0 aliphatic carbocycles. The van der Waals surface area contributed by atoms with Crippen LogP contribution in [0.2, 0.25) is 0 Å². The number of carbonyl (C=O) groups is 2. The number of rotatable bonds is 5. The number of hydrogen-bond donors (Lipinski definition) is 0. The molecular weight excluding hydrogens is 296 g/mol. The number of ether oxygens (including phenoxy) is 3. The zero-order valence-electron chi connectivity index (χ0n) is 12.1. The third-order valence-electron chi connectivity index (χ3n) is 2.83. The van der Waals surface area contributed by atoms with Gasteiger partial charge in [-0.3, -0.25) is 0 Å². The molecule has 21 heavy (non-hydrogen) atoms. The summed E-state index contributed by atoms with van der Waals surface area (Å²) in [5.41, 5.74) is 0.0294. The van der Waals surface area contributed by atoms with E-state index in [-0.39, 0.29) is 23.8 Å². The van der Waals surface area contributed by atoms with Gasteiger partial charge in [0, 0.05) is 13.1 Å². The first-order valence-electron chi connectivity index (χ1n) is 6.85. The summed E-state index contributed by atoms with van der Waals surface area (Å²) < 4.78 is 15.2. The van der Waals surface area contributed by atoms with E-state index in [9.17, 15) is 9.59 Å². The summed E-state index contributed by atoms with van der Waals surface area (Å²) >= 11 is 1.15. The predicted octanol–water partition coefficient (Wildman–Crippen LogP) is 1.33. The molecule has 2 heterocycles. The highest BCUT2D eigenvalue weighted by atomic mass is 32.1. The third kappa shape index (κ3) is 3.70. The summed E-state index contributed by atoms with van der Waals surface area (Å²) in [7, 11) is 0. The molecule has 1 saturated heterocycles. The Morgan fingerprint density at radius 2 is 1.81 bits per heavy atom. The topological polar surface area (TPSA) is 78.0 Å². The highest BCUT2D eigenvalue weighted by Crippen LogP contribution is 2.28. The van der Waals surface area contributed by atoms with Crippen molar-refractivity contribution in [2.24, 2.45) is 0 Å². The van der Waals surface area contributed by atoms with Gasteiger partial charge in [0.2, 0.25) is 0 Å². The Hall–Kier alpha value is -1.67. The molecule has 0 amide bonds. The Morgan fingerprint density at radius 1 is 1.19 bits per heavy atom. The van der Waals surface area contributed by atoms with Crippen LogP contribution in [0.15, 0.2) is 0 Å². The van der Waals surface area contributed by atoms with E-state index in [0.29, 0.717) is 31.4 Å². The Kier molecular flexibility index (Phi) is 5.51. The lowest BCUT2D eigenvalue weighted by molar-refractivity contribution is 0.0479. The Labute approximate surface area is 126 Å². The van der Waals surface area contributed by atoms with Gasteiger partial charge in [-0.05, 0) is 13.8 Å². The standard InChI is InChI=1S/C13H18N2O5S/c1-3-19-11(16)9-10(12(17)20-4-2)21-13(14-9)15-5-7-18-8-6-15/h3-8H2,1-2H3. The van der Waals surface area contributed by atoms with Crippen molar-refractivity contribution in [3.8, 4) is 0 Å². The third-order valence-corrected chi connectivity index (χ3v) is 3.92. The normalized spacial score (nSPS) is 14.9. The molecule has 0 radical (unpaired) electrons. The lowest BCUT2D eigenvalue weighted by Gasteiger charge is -2.25. The number of esters is 2. The first kappa shape index (κ1) is 15.7. The van der Waals surface area contributed by atoms with E-state index in [1.807, 2.05) is 4.90 Å². The van der Waals surface area contributed by atoms with Crippen molar-refractivity contribution in [2.75, 3.05) is 44.4 Å². The zero-order valence-corrected chi connectivity index (χ0v) is 12.9. The molecule has 2 rings (SSSR count). The minimum absolute atomic E-state index is 0.0294. The molecule has 0 saturated carbocycles. The molecule has 1 aliphatic rings. The fourth-order valence-electron chi connectivity index (χ4n) is 1.87. The molecule has 0 unspecified atom stereocenters. The summed E-state index contributed by atoms with van der Waals surface area (Å²) in [4.78, 5) is 30.4. The molecular formula is C13H18N2O5S.